The van der Waals surface area contributed by atoms with Gasteiger partial charge in [-0.1, -0.05) is 26.1 Å². The lowest BCUT2D eigenvalue weighted by atomic mass is 10.1. The van der Waals surface area contributed by atoms with Crippen LogP contribution in [-0.2, 0) is 0 Å². The number of hydrogen-bond donors (Lipinski definition) is 1. The van der Waals surface area contributed by atoms with Crippen LogP contribution in [0.4, 0.5) is 0 Å². The average Bonchev–Trinajstić information content (AvgIpc) is 2.75. The summed E-state index contributed by atoms with van der Waals surface area (Å²) in [6, 6.07) is 0. The smallest absolute Gasteiger partial charge is 0.144 e. The van der Waals surface area contributed by atoms with Crippen molar-refractivity contribution in [3.05, 3.63) is 29.2 Å². The highest BCUT2D eigenvalue weighted by Crippen LogP contribution is 2.30. The van der Waals surface area contributed by atoms with Gasteiger partial charge in [0, 0.05) is 12.4 Å². The Labute approximate surface area is 109 Å². The molecule has 0 aliphatic rings. The van der Waals surface area contributed by atoms with E-state index in [2.05, 4.69) is 28.8 Å². The summed E-state index contributed by atoms with van der Waals surface area (Å²) < 4.78 is 0. The summed E-state index contributed by atoms with van der Waals surface area (Å²) in [5.41, 5.74) is 7.39. The maximum atomic E-state index is 5.71. The van der Waals surface area contributed by atoms with Gasteiger partial charge in [-0.2, -0.15) is 0 Å². The van der Waals surface area contributed by atoms with Crippen LogP contribution in [0.5, 0.6) is 0 Å². The van der Waals surface area contributed by atoms with Crippen molar-refractivity contribution in [3.63, 3.8) is 0 Å². The predicted molar refractivity (Wildman–Crippen MR) is 73.1 cm³/mol. The minimum Gasteiger partial charge on any atom is -0.389 e. The molecule has 0 bridgehead atoms. The number of nitrogens with zero attached hydrogens (tertiary/aromatic N) is 3. The van der Waals surface area contributed by atoms with Crippen LogP contribution in [-0.4, -0.2) is 19.9 Å². The first kappa shape index (κ1) is 12.1. The number of thiocarbonyl (C=S) groups is 1. The van der Waals surface area contributed by atoms with Crippen LogP contribution in [0.3, 0.4) is 0 Å². The van der Waals surface area contributed by atoms with Crippen molar-refractivity contribution in [1.29, 1.82) is 0 Å². The molecule has 2 heterocycles. The maximum absolute atomic E-state index is 5.71. The first-order valence-corrected chi connectivity index (χ1v) is 6.39. The normalized spacial score (nSPS) is 10.8. The molecule has 2 aromatic heterocycles. The zero-order valence-electron chi connectivity index (χ0n) is 9.54. The van der Waals surface area contributed by atoms with Gasteiger partial charge in [0.2, 0.25) is 0 Å². The van der Waals surface area contributed by atoms with Crippen molar-refractivity contribution in [2.24, 2.45) is 5.73 Å². The third-order valence-corrected chi connectivity index (χ3v) is 3.67. The van der Waals surface area contributed by atoms with E-state index in [0.717, 1.165) is 21.3 Å². The number of hydrogen-bond acceptors (Lipinski definition) is 5. The van der Waals surface area contributed by atoms with Gasteiger partial charge < -0.3 is 5.73 Å². The van der Waals surface area contributed by atoms with Crippen molar-refractivity contribution in [3.8, 4) is 10.7 Å². The molecule has 0 amide bonds. The van der Waals surface area contributed by atoms with Gasteiger partial charge in [-0.15, -0.1) is 11.3 Å². The van der Waals surface area contributed by atoms with Crippen molar-refractivity contribution >= 4 is 28.5 Å². The van der Waals surface area contributed by atoms with Gasteiger partial charge in [0.05, 0.1) is 16.8 Å². The van der Waals surface area contributed by atoms with Gasteiger partial charge in [0.1, 0.15) is 15.7 Å². The van der Waals surface area contributed by atoms with Gasteiger partial charge in [-0.3, -0.25) is 9.97 Å². The molecule has 0 aliphatic heterocycles. The fraction of sp³-hybridized carbons (Fsp3) is 0.273. The Balaban J connectivity index is 2.51. The standard InChI is InChI=1S/C11H12N4S2/c1-6(2)8-9(10(12)16)17-11(15-8)7-5-13-3-4-14-7/h3-6H,1-2H3,(H2,12,16). The minimum absolute atomic E-state index is 0.285. The quantitative estimate of drug-likeness (QED) is 0.862. The highest BCUT2D eigenvalue weighted by Gasteiger charge is 2.17. The number of rotatable bonds is 3. The van der Waals surface area contributed by atoms with Crippen molar-refractivity contribution in [2.75, 3.05) is 0 Å². The molecule has 6 heteroatoms. The summed E-state index contributed by atoms with van der Waals surface area (Å²) in [5.74, 6) is 0.285. The Morgan fingerprint density at radius 3 is 2.65 bits per heavy atom. The van der Waals surface area contributed by atoms with Gasteiger partial charge in [0.25, 0.3) is 0 Å². The second-order valence-corrected chi connectivity index (χ2v) is 5.28. The third kappa shape index (κ3) is 2.48. The molecule has 0 fully saturated rings. The third-order valence-electron chi connectivity index (χ3n) is 2.21. The molecule has 0 saturated carbocycles. The molecule has 2 rings (SSSR count). The molecule has 0 atom stereocenters. The van der Waals surface area contributed by atoms with Gasteiger partial charge in [-0.25, -0.2) is 4.98 Å². The van der Waals surface area contributed by atoms with E-state index in [0.29, 0.717) is 4.99 Å². The fourth-order valence-electron chi connectivity index (χ4n) is 1.42. The van der Waals surface area contributed by atoms with E-state index >= 15 is 0 Å². The van der Waals surface area contributed by atoms with E-state index in [1.165, 1.54) is 11.3 Å². The van der Waals surface area contributed by atoms with Crippen LogP contribution >= 0.6 is 23.6 Å². The van der Waals surface area contributed by atoms with Gasteiger partial charge >= 0.3 is 0 Å². The summed E-state index contributed by atoms with van der Waals surface area (Å²) in [4.78, 5) is 14.1. The van der Waals surface area contributed by atoms with Crippen LogP contribution in [0.1, 0.15) is 30.3 Å². The molecule has 0 aromatic carbocycles. The van der Waals surface area contributed by atoms with E-state index < -0.39 is 0 Å². The zero-order valence-corrected chi connectivity index (χ0v) is 11.2. The summed E-state index contributed by atoms with van der Waals surface area (Å²) in [6.07, 6.45) is 4.97. The summed E-state index contributed by atoms with van der Waals surface area (Å²) >= 11 is 6.51. The van der Waals surface area contributed by atoms with Crippen LogP contribution in [0, 0.1) is 0 Å². The van der Waals surface area contributed by atoms with Crippen LogP contribution < -0.4 is 5.73 Å². The molecule has 88 valence electrons. The highest BCUT2D eigenvalue weighted by molar-refractivity contribution is 7.81. The number of aromatic nitrogens is 3. The van der Waals surface area contributed by atoms with Crippen molar-refractivity contribution < 1.29 is 0 Å². The molecule has 2 aromatic rings. The van der Waals surface area contributed by atoms with Crippen LogP contribution in [0.2, 0.25) is 0 Å². The number of nitrogens with two attached hydrogens (primary N) is 1. The minimum atomic E-state index is 0.285. The van der Waals surface area contributed by atoms with E-state index in [9.17, 15) is 0 Å². The first-order chi connectivity index (χ1) is 8.09. The second kappa shape index (κ2) is 4.85. The molecule has 0 unspecified atom stereocenters. The van der Waals surface area contributed by atoms with E-state index in [1.807, 2.05) is 0 Å². The molecule has 2 N–H and O–H groups in total. The van der Waals surface area contributed by atoms with Crippen LogP contribution in [0.15, 0.2) is 18.6 Å². The monoisotopic (exact) mass is 264 g/mol. The summed E-state index contributed by atoms with van der Waals surface area (Å²) in [6.45, 7) is 4.13. The molecule has 0 aliphatic carbocycles. The van der Waals surface area contributed by atoms with Crippen LogP contribution in [0.25, 0.3) is 10.7 Å². The molecule has 0 saturated heterocycles. The molecule has 4 nitrogen and oxygen atoms in total. The average molecular weight is 264 g/mol. The lowest BCUT2D eigenvalue weighted by molar-refractivity contribution is 0.831. The summed E-state index contributed by atoms with van der Waals surface area (Å²) in [5, 5.41) is 0.810. The first-order valence-electron chi connectivity index (χ1n) is 5.16. The molecule has 17 heavy (non-hydrogen) atoms. The molecule has 0 radical (unpaired) electrons. The lowest BCUT2D eigenvalue weighted by Gasteiger charge is -2.02. The zero-order chi connectivity index (χ0) is 12.4. The largest absolute Gasteiger partial charge is 0.389 e. The Hall–Kier alpha value is -1.40. The molecular formula is C11H12N4S2. The van der Waals surface area contributed by atoms with Gasteiger partial charge in [0.15, 0.2) is 0 Å². The molecule has 0 spiro atoms. The van der Waals surface area contributed by atoms with E-state index in [1.54, 1.807) is 18.6 Å². The van der Waals surface area contributed by atoms with Crippen molar-refractivity contribution in [2.45, 2.75) is 19.8 Å². The summed E-state index contributed by atoms with van der Waals surface area (Å²) in [7, 11) is 0. The fourth-order valence-corrected chi connectivity index (χ4v) is 2.68. The Morgan fingerprint density at radius 2 is 2.18 bits per heavy atom. The van der Waals surface area contributed by atoms with E-state index in [4.69, 9.17) is 18.0 Å². The lowest BCUT2D eigenvalue weighted by Crippen LogP contribution is -2.10. The highest BCUT2D eigenvalue weighted by atomic mass is 32.1. The Bertz CT molecular complexity index is 534. The topological polar surface area (TPSA) is 64.7 Å². The predicted octanol–water partition coefficient (Wildman–Crippen LogP) is 2.36. The Morgan fingerprint density at radius 1 is 1.41 bits per heavy atom. The Kier molecular flexibility index (Phi) is 3.44. The molecular weight excluding hydrogens is 252 g/mol. The number of thiazole rings is 1. The van der Waals surface area contributed by atoms with E-state index in [-0.39, 0.29) is 5.92 Å². The maximum Gasteiger partial charge on any atom is 0.144 e. The van der Waals surface area contributed by atoms with Gasteiger partial charge in [-0.05, 0) is 5.92 Å². The SMILES string of the molecule is CC(C)c1nc(-c2cnccn2)sc1C(N)=S. The second-order valence-electron chi connectivity index (χ2n) is 3.84. The van der Waals surface area contributed by atoms with Crippen molar-refractivity contribution in [1.82, 2.24) is 15.0 Å².